The molecule has 7 heteroatoms. The van der Waals surface area contributed by atoms with E-state index in [2.05, 4.69) is 30.9 Å². The van der Waals surface area contributed by atoms with Crippen LogP contribution in [-0.4, -0.2) is 54.7 Å². The summed E-state index contributed by atoms with van der Waals surface area (Å²) in [5.74, 6) is 0.242. The number of rotatable bonds is 2. The largest absolute Gasteiger partial charge is 0.444 e. The summed E-state index contributed by atoms with van der Waals surface area (Å²) >= 11 is 0. The first-order valence-corrected chi connectivity index (χ1v) is 11.0. The Labute approximate surface area is 180 Å². The van der Waals surface area contributed by atoms with E-state index in [0.29, 0.717) is 13.1 Å². The number of fused-ring (bicyclic) bond motifs is 1. The van der Waals surface area contributed by atoms with Crippen molar-refractivity contribution in [3.63, 3.8) is 0 Å². The molecule has 2 aliphatic rings. The van der Waals surface area contributed by atoms with Crippen LogP contribution >= 0.6 is 0 Å². The minimum atomic E-state index is -0.488. The van der Waals surface area contributed by atoms with Crippen LogP contribution in [0.2, 0.25) is 0 Å². The highest BCUT2D eigenvalue weighted by Gasteiger charge is 2.38. The number of carbonyl (C=O) groups excluding carboxylic acids is 2. The predicted octanol–water partition coefficient (Wildman–Crippen LogP) is 3.52. The van der Waals surface area contributed by atoms with Crippen molar-refractivity contribution in [2.24, 2.45) is 11.7 Å². The van der Waals surface area contributed by atoms with E-state index in [1.807, 2.05) is 31.7 Å². The number of benzene rings is 1. The Hall–Kier alpha value is -2.28. The average molecular weight is 417 g/mol. The quantitative estimate of drug-likeness (QED) is 0.798. The molecule has 0 aromatic heterocycles. The Morgan fingerprint density at radius 2 is 1.80 bits per heavy atom. The number of carbonyl (C=O) groups is 2. The van der Waals surface area contributed by atoms with Gasteiger partial charge >= 0.3 is 6.09 Å². The molecule has 2 aliphatic heterocycles. The third-order valence-corrected chi connectivity index (χ3v) is 6.19. The van der Waals surface area contributed by atoms with E-state index in [0.717, 1.165) is 36.4 Å². The van der Waals surface area contributed by atoms with Gasteiger partial charge in [0, 0.05) is 56.6 Å². The molecule has 3 atom stereocenters. The molecule has 7 nitrogen and oxygen atoms in total. The van der Waals surface area contributed by atoms with E-state index >= 15 is 0 Å². The van der Waals surface area contributed by atoms with Crippen LogP contribution in [0.1, 0.15) is 59.6 Å². The lowest BCUT2D eigenvalue weighted by Crippen LogP contribution is -2.51. The average Bonchev–Trinajstić information content (AvgIpc) is 2.68. The Kier molecular flexibility index (Phi) is 6.32. The lowest BCUT2D eigenvalue weighted by atomic mass is 9.81. The van der Waals surface area contributed by atoms with Gasteiger partial charge in [-0.25, -0.2) is 4.79 Å². The minimum Gasteiger partial charge on any atom is -0.444 e. The molecule has 1 saturated heterocycles. The summed E-state index contributed by atoms with van der Waals surface area (Å²) in [7, 11) is 0. The van der Waals surface area contributed by atoms with E-state index in [4.69, 9.17) is 10.5 Å². The monoisotopic (exact) mass is 416 g/mol. The molecular weight excluding hydrogens is 380 g/mol. The second-order valence-corrected chi connectivity index (χ2v) is 9.45. The zero-order valence-electron chi connectivity index (χ0n) is 19.1. The number of nitrogens with two attached hydrogens (primary N) is 1. The maximum Gasteiger partial charge on any atom is 0.410 e. The molecule has 1 aromatic rings. The number of ether oxygens (including phenoxy) is 1. The summed E-state index contributed by atoms with van der Waals surface area (Å²) in [6.07, 6.45) is 0.619. The normalized spacial score (nSPS) is 24.5. The van der Waals surface area contributed by atoms with Gasteiger partial charge in [0.15, 0.2) is 0 Å². The van der Waals surface area contributed by atoms with Crippen molar-refractivity contribution in [1.82, 2.24) is 4.90 Å². The van der Waals surface area contributed by atoms with Crippen LogP contribution in [0.4, 0.5) is 16.2 Å². The van der Waals surface area contributed by atoms with Gasteiger partial charge in [-0.05, 0) is 56.9 Å². The summed E-state index contributed by atoms with van der Waals surface area (Å²) in [4.78, 5) is 30.6. The highest BCUT2D eigenvalue weighted by molar-refractivity contribution is 5.94. The molecule has 2 N–H and O–H groups in total. The molecule has 0 aliphatic carbocycles. The van der Waals surface area contributed by atoms with Crippen LogP contribution in [-0.2, 0) is 9.53 Å². The second-order valence-electron chi connectivity index (χ2n) is 9.45. The van der Waals surface area contributed by atoms with Gasteiger partial charge in [-0.15, -0.1) is 0 Å². The van der Waals surface area contributed by atoms with E-state index in [1.54, 1.807) is 11.8 Å². The zero-order valence-corrected chi connectivity index (χ0v) is 19.1. The third-order valence-electron chi connectivity index (χ3n) is 6.19. The number of piperazine rings is 1. The number of nitrogens with zero attached hydrogens (tertiary/aromatic N) is 3. The van der Waals surface area contributed by atoms with Crippen LogP contribution in [0, 0.1) is 5.92 Å². The molecule has 1 aromatic carbocycles. The molecule has 0 saturated carbocycles. The van der Waals surface area contributed by atoms with Crippen LogP contribution in [0.5, 0.6) is 0 Å². The molecule has 2 heterocycles. The number of amides is 2. The maximum atomic E-state index is 12.4. The van der Waals surface area contributed by atoms with Crippen molar-refractivity contribution in [1.29, 1.82) is 0 Å². The Bertz CT molecular complexity index is 796. The van der Waals surface area contributed by atoms with E-state index < -0.39 is 5.60 Å². The van der Waals surface area contributed by atoms with Crippen molar-refractivity contribution in [3.05, 3.63) is 23.8 Å². The molecule has 30 heavy (non-hydrogen) atoms. The van der Waals surface area contributed by atoms with Crippen molar-refractivity contribution in [3.8, 4) is 0 Å². The van der Waals surface area contributed by atoms with Gasteiger partial charge in [0.2, 0.25) is 5.91 Å². The smallest absolute Gasteiger partial charge is 0.410 e. The molecule has 0 spiro atoms. The first kappa shape index (κ1) is 22.4. The summed E-state index contributed by atoms with van der Waals surface area (Å²) < 4.78 is 5.49. The van der Waals surface area contributed by atoms with E-state index in [9.17, 15) is 9.59 Å². The highest BCUT2D eigenvalue weighted by atomic mass is 16.6. The molecule has 0 bridgehead atoms. The predicted molar refractivity (Wildman–Crippen MR) is 120 cm³/mol. The first-order valence-electron chi connectivity index (χ1n) is 11.0. The standard InChI is InChI=1S/C23H36N4O3/c1-7-19-15(2)21(24)18-14-17(8-9-20(18)27(19)16(3)28)25-10-12-26(13-11-25)22(29)30-23(4,5)6/h8-9,14-15,19,21H,7,10-13,24H2,1-6H3. The third kappa shape index (κ3) is 4.41. The van der Waals surface area contributed by atoms with Gasteiger partial charge < -0.3 is 25.2 Å². The maximum absolute atomic E-state index is 12.4. The molecular formula is C23H36N4O3. The molecule has 2 amide bonds. The van der Waals surface area contributed by atoms with Crippen LogP contribution in [0.3, 0.4) is 0 Å². The van der Waals surface area contributed by atoms with Gasteiger partial charge in [-0.3, -0.25) is 4.79 Å². The fourth-order valence-corrected chi connectivity index (χ4v) is 4.59. The Balaban J connectivity index is 1.77. The SMILES string of the molecule is CCC1C(C)C(N)c2cc(N3CCN(C(=O)OC(C)(C)C)CC3)ccc2N1C(C)=O. The molecule has 1 fully saturated rings. The topological polar surface area (TPSA) is 79.1 Å². The fraction of sp³-hybridized carbons (Fsp3) is 0.652. The van der Waals surface area contributed by atoms with Crippen molar-refractivity contribution in [2.45, 2.75) is 65.6 Å². The first-order chi connectivity index (χ1) is 14.0. The second kappa shape index (κ2) is 8.46. The van der Waals surface area contributed by atoms with Crippen LogP contribution in [0.25, 0.3) is 0 Å². The van der Waals surface area contributed by atoms with Gasteiger partial charge in [-0.1, -0.05) is 13.8 Å². The van der Waals surface area contributed by atoms with E-state index in [-0.39, 0.29) is 30.0 Å². The molecule has 166 valence electrons. The highest BCUT2D eigenvalue weighted by Crippen LogP contribution is 2.42. The van der Waals surface area contributed by atoms with Crippen molar-refractivity contribution in [2.75, 3.05) is 36.0 Å². The van der Waals surface area contributed by atoms with Gasteiger partial charge in [0.05, 0.1) is 0 Å². The van der Waals surface area contributed by atoms with Crippen molar-refractivity contribution >= 4 is 23.4 Å². The molecule has 3 rings (SSSR count). The number of hydrogen-bond acceptors (Lipinski definition) is 5. The zero-order chi connectivity index (χ0) is 22.2. The van der Waals surface area contributed by atoms with Gasteiger partial charge in [0.25, 0.3) is 0 Å². The van der Waals surface area contributed by atoms with Crippen molar-refractivity contribution < 1.29 is 14.3 Å². The number of hydrogen-bond donors (Lipinski definition) is 1. The Morgan fingerprint density at radius 1 is 1.17 bits per heavy atom. The lowest BCUT2D eigenvalue weighted by molar-refractivity contribution is -0.117. The van der Waals surface area contributed by atoms with Crippen LogP contribution in [0.15, 0.2) is 18.2 Å². The minimum absolute atomic E-state index is 0.0561. The Morgan fingerprint density at radius 3 is 2.33 bits per heavy atom. The summed E-state index contributed by atoms with van der Waals surface area (Å²) in [5.41, 5.74) is 9.16. The fourth-order valence-electron chi connectivity index (χ4n) is 4.59. The summed E-state index contributed by atoms with van der Waals surface area (Å²) in [5, 5.41) is 0. The number of anilines is 2. The lowest BCUT2D eigenvalue weighted by Gasteiger charge is -2.44. The van der Waals surface area contributed by atoms with E-state index in [1.165, 1.54) is 0 Å². The molecule has 3 unspecified atom stereocenters. The molecule has 0 radical (unpaired) electrons. The summed E-state index contributed by atoms with van der Waals surface area (Å²) in [6, 6.07) is 6.23. The van der Waals surface area contributed by atoms with Gasteiger partial charge in [-0.2, -0.15) is 0 Å². The van der Waals surface area contributed by atoms with Gasteiger partial charge in [0.1, 0.15) is 5.60 Å². The summed E-state index contributed by atoms with van der Waals surface area (Å²) in [6.45, 7) is 14.2. The van der Waals surface area contributed by atoms with Crippen LogP contribution < -0.4 is 15.5 Å².